The van der Waals surface area contributed by atoms with E-state index >= 15 is 0 Å². The maximum absolute atomic E-state index is 12.3. The lowest BCUT2D eigenvalue weighted by Crippen LogP contribution is -2.18. The number of benzene rings is 1. The first-order valence-corrected chi connectivity index (χ1v) is 6.05. The molecule has 0 aliphatic rings. The van der Waals surface area contributed by atoms with Gasteiger partial charge in [-0.2, -0.15) is 9.78 Å². The standard InChI is InChI=1S/C14H18N4O/c1-14(2,3)11-8-12(16)18(17-11)13(19)9-4-6-10(15)7-5-9/h4-8H,15-16H2,1-3H3. The van der Waals surface area contributed by atoms with Gasteiger partial charge in [-0.1, -0.05) is 20.8 Å². The Morgan fingerprint density at radius 2 is 1.74 bits per heavy atom. The van der Waals surface area contributed by atoms with Gasteiger partial charge in [0.15, 0.2) is 0 Å². The Labute approximate surface area is 112 Å². The molecule has 0 saturated heterocycles. The molecule has 0 atom stereocenters. The van der Waals surface area contributed by atoms with E-state index < -0.39 is 0 Å². The molecule has 5 nitrogen and oxygen atoms in total. The van der Waals surface area contributed by atoms with Crippen LogP contribution in [0.15, 0.2) is 30.3 Å². The van der Waals surface area contributed by atoms with E-state index in [0.29, 0.717) is 17.1 Å². The van der Waals surface area contributed by atoms with Gasteiger partial charge in [0.1, 0.15) is 5.82 Å². The highest BCUT2D eigenvalue weighted by Crippen LogP contribution is 2.23. The summed E-state index contributed by atoms with van der Waals surface area (Å²) in [5, 5.41) is 4.29. The molecule has 0 unspecified atom stereocenters. The fourth-order valence-corrected chi connectivity index (χ4v) is 1.67. The van der Waals surface area contributed by atoms with Crippen LogP contribution in [0.1, 0.15) is 36.8 Å². The number of rotatable bonds is 1. The third-order valence-electron chi connectivity index (χ3n) is 2.86. The van der Waals surface area contributed by atoms with Crippen LogP contribution in [0.4, 0.5) is 11.5 Å². The summed E-state index contributed by atoms with van der Waals surface area (Å²) in [6.07, 6.45) is 0. The van der Waals surface area contributed by atoms with Crippen molar-refractivity contribution in [3.05, 3.63) is 41.6 Å². The molecule has 1 heterocycles. The van der Waals surface area contributed by atoms with E-state index in [-0.39, 0.29) is 11.3 Å². The van der Waals surface area contributed by atoms with Crippen molar-refractivity contribution >= 4 is 17.4 Å². The summed E-state index contributed by atoms with van der Waals surface area (Å²) in [6.45, 7) is 6.06. The van der Waals surface area contributed by atoms with E-state index in [1.165, 1.54) is 4.68 Å². The number of hydrogen-bond donors (Lipinski definition) is 2. The van der Waals surface area contributed by atoms with Gasteiger partial charge in [-0.25, -0.2) is 0 Å². The van der Waals surface area contributed by atoms with Crippen LogP contribution in [-0.4, -0.2) is 15.7 Å². The second kappa shape index (κ2) is 4.42. The molecule has 0 fully saturated rings. The summed E-state index contributed by atoms with van der Waals surface area (Å²) >= 11 is 0. The molecule has 1 aromatic heterocycles. The zero-order chi connectivity index (χ0) is 14.2. The number of nitrogen functional groups attached to an aromatic ring is 2. The SMILES string of the molecule is CC(C)(C)c1cc(N)n(C(=O)c2ccc(N)cc2)n1. The average molecular weight is 258 g/mol. The Bertz CT molecular complexity index is 605. The monoisotopic (exact) mass is 258 g/mol. The summed E-state index contributed by atoms with van der Waals surface area (Å²) < 4.78 is 1.23. The first-order valence-electron chi connectivity index (χ1n) is 6.05. The van der Waals surface area contributed by atoms with Crippen molar-refractivity contribution in [2.45, 2.75) is 26.2 Å². The highest BCUT2D eigenvalue weighted by Gasteiger charge is 2.21. The van der Waals surface area contributed by atoms with Crippen molar-refractivity contribution in [3.63, 3.8) is 0 Å². The van der Waals surface area contributed by atoms with Crippen LogP contribution < -0.4 is 11.5 Å². The highest BCUT2D eigenvalue weighted by molar-refractivity contribution is 5.97. The number of aromatic nitrogens is 2. The van der Waals surface area contributed by atoms with E-state index in [9.17, 15) is 4.79 Å². The minimum Gasteiger partial charge on any atom is -0.399 e. The Balaban J connectivity index is 2.39. The van der Waals surface area contributed by atoms with Crippen LogP contribution in [-0.2, 0) is 5.41 Å². The molecule has 100 valence electrons. The van der Waals surface area contributed by atoms with E-state index in [4.69, 9.17) is 11.5 Å². The first-order chi connectivity index (χ1) is 8.79. The zero-order valence-electron chi connectivity index (χ0n) is 11.3. The molecule has 2 aromatic rings. The largest absolute Gasteiger partial charge is 0.399 e. The lowest BCUT2D eigenvalue weighted by Gasteiger charge is -2.13. The fourth-order valence-electron chi connectivity index (χ4n) is 1.67. The third kappa shape index (κ3) is 2.59. The van der Waals surface area contributed by atoms with Gasteiger partial charge in [-0.15, -0.1) is 0 Å². The molecule has 0 spiro atoms. The average Bonchev–Trinajstić information content (AvgIpc) is 2.71. The number of anilines is 2. The van der Waals surface area contributed by atoms with Gasteiger partial charge in [0.05, 0.1) is 5.69 Å². The van der Waals surface area contributed by atoms with Gasteiger partial charge in [0, 0.05) is 22.7 Å². The van der Waals surface area contributed by atoms with Crippen molar-refractivity contribution in [3.8, 4) is 0 Å². The Morgan fingerprint density at radius 3 is 2.21 bits per heavy atom. The number of hydrogen-bond acceptors (Lipinski definition) is 4. The van der Waals surface area contributed by atoms with Gasteiger partial charge < -0.3 is 11.5 Å². The molecule has 0 bridgehead atoms. The molecule has 0 radical (unpaired) electrons. The highest BCUT2D eigenvalue weighted by atomic mass is 16.2. The van der Waals surface area contributed by atoms with E-state index in [0.717, 1.165) is 5.69 Å². The van der Waals surface area contributed by atoms with Crippen molar-refractivity contribution in [2.75, 3.05) is 11.5 Å². The molecule has 2 rings (SSSR count). The molecule has 19 heavy (non-hydrogen) atoms. The van der Waals surface area contributed by atoms with E-state index in [1.54, 1.807) is 30.3 Å². The van der Waals surface area contributed by atoms with Crippen molar-refractivity contribution in [1.29, 1.82) is 0 Å². The predicted molar refractivity (Wildman–Crippen MR) is 75.9 cm³/mol. The van der Waals surface area contributed by atoms with E-state index in [1.807, 2.05) is 20.8 Å². The Kier molecular flexibility index (Phi) is 3.06. The van der Waals surface area contributed by atoms with E-state index in [2.05, 4.69) is 5.10 Å². The molecule has 0 saturated carbocycles. The van der Waals surface area contributed by atoms with Gasteiger partial charge in [-0.3, -0.25) is 4.79 Å². The maximum atomic E-state index is 12.3. The van der Waals surface area contributed by atoms with Crippen molar-refractivity contribution < 1.29 is 4.79 Å². The second-order valence-electron chi connectivity index (χ2n) is 5.54. The van der Waals surface area contributed by atoms with Crippen LogP contribution in [0.25, 0.3) is 0 Å². The van der Waals surface area contributed by atoms with Crippen LogP contribution in [0.3, 0.4) is 0 Å². The quantitative estimate of drug-likeness (QED) is 0.766. The van der Waals surface area contributed by atoms with Gasteiger partial charge >= 0.3 is 0 Å². The zero-order valence-corrected chi connectivity index (χ0v) is 11.3. The van der Waals surface area contributed by atoms with Gasteiger partial charge in [0.2, 0.25) is 0 Å². The summed E-state index contributed by atoms with van der Waals surface area (Å²) in [7, 11) is 0. The molecule has 1 aromatic carbocycles. The minimum absolute atomic E-state index is 0.152. The van der Waals surface area contributed by atoms with Gasteiger partial charge in [0.25, 0.3) is 5.91 Å². The number of nitrogens with two attached hydrogens (primary N) is 2. The lowest BCUT2D eigenvalue weighted by molar-refractivity contribution is 0.0947. The third-order valence-corrected chi connectivity index (χ3v) is 2.86. The van der Waals surface area contributed by atoms with Crippen LogP contribution in [0, 0.1) is 0 Å². The minimum atomic E-state index is -0.256. The summed E-state index contributed by atoms with van der Waals surface area (Å²) in [5.41, 5.74) is 13.2. The van der Waals surface area contributed by atoms with Crippen molar-refractivity contribution in [2.24, 2.45) is 0 Å². The lowest BCUT2D eigenvalue weighted by atomic mass is 9.92. The number of nitrogens with zero attached hydrogens (tertiary/aromatic N) is 2. The Morgan fingerprint density at radius 1 is 1.16 bits per heavy atom. The molecule has 0 aliphatic heterocycles. The van der Waals surface area contributed by atoms with Gasteiger partial charge in [-0.05, 0) is 24.3 Å². The molecule has 4 N–H and O–H groups in total. The first kappa shape index (κ1) is 13.1. The predicted octanol–water partition coefficient (Wildman–Crippen LogP) is 2.03. The normalized spacial score (nSPS) is 11.5. The molecule has 0 aliphatic carbocycles. The summed E-state index contributed by atoms with van der Waals surface area (Å²) in [6, 6.07) is 8.41. The van der Waals surface area contributed by atoms with Crippen LogP contribution in [0.5, 0.6) is 0 Å². The van der Waals surface area contributed by atoms with Crippen molar-refractivity contribution in [1.82, 2.24) is 9.78 Å². The summed E-state index contributed by atoms with van der Waals surface area (Å²) in [5.74, 6) is 0.0831. The topological polar surface area (TPSA) is 86.9 Å². The number of carbonyl (C=O) groups is 1. The fraction of sp³-hybridized carbons (Fsp3) is 0.286. The maximum Gasteiger partial charge on any atom is 0.280 e. The van der Waals surface area contributed by atoms with Crippen LogP contribution in [0.2, 0.25) is 0 Å². The van der Waals surface area contributed by atoms with Crippen LogP contribution >= 0.6 is 0 Å². The smallest absolute Gasteiger partial charge is 0.280 e. The molecule has 5 heteroatoms. The molecular weight excluding hydrogens is 240 g/mol. The number of carbonyl (C=O) groups excluding carboxylic acids is 1. The Hall–Kier alpha value is -2.30. The second-order valence-corrected chi connectivity index (χ2v) is 5.54. The summed E-state index contributed by atoms with van der Waals surface area (Å²) in [4.78, 5) is 12.3. The molecular formula is C14H18N4O. The molecule has 0 amide bonds.